The maximum absolute atomic E-state index is 14.6. The van der Waals surface area contributed by atoms with Gasteiger partial charge in [0, 0.05) is 41.2 Å². The third kappa shape index (κ3) is 5.45. The highest BCUT2D eigenvalue weighted by molar-refractivity contribution is 7.15. The molecule has 0 unspecified atom stereocenters. The highest BCUT2D eigenvalue weighted by atomic mass is 32.1. The summed E-state index contributed by atoms with van der Waals surface area (Å²) in [5, 5.41) is 7.14. The van der Waals surface area contributed by atoms with Gasteiger partial charge in [0.2, 0.25) is 5.91 Å². The zero-order valence-electron chi connectivity index (χ0n) is 19.2. The predicted octanol–water partition coefficient (Wildman–Crippen LogP) is 4.81. The summed E-state index contributed by atoms with van der Waals surface area (Å²) in [6.45, 7) is 0.191. The molecule has 6 nitrogen and oxygen atoms in total. The number of likely N-dealkylation sites (tertiary alicyclic amines) is 1. The van der Waals surface area contributed by atoms with E-state index < -0.39 is 24.9 Å². The summed E-state index contributed by atoms with van der Waals surface area (Å²) in [6, 6.07) is 6.38. The molecule has 11 heteroatoms. The van der Waals surface area contributed by atoms with Gasteiger partial charge in [-0.25, -0.2) is 9.37 Å². The van der Waals surface area contributed by atoms with Crippen molar-refractivity contribution in [2.75, 3.05) is 25.5 Å². The maximum Gasteiger partial charge on any atom is 0.406 e. The number of rotatable bonds is 7. The first kappa shape index (κ1) is 24.1. The number of anilines is 1. The van der Waals surface area contributed by atoms with Crippen molar-refractivity contribution in [2.45, 2.75) is 50.7 Å². The first-order valence-corrected chi connectivity index (χ1v) is 12.5. The van der Waals surface area contributed by atoms with Gasteiger partial charge in [0.15, 0.2) is 0 Å². The summed E-state index contributed by atoms with van der Waals surface area (Å²) >= 11 is 1.26. The Labute approximate surface area is 204 Å². The number of thiazole rings is 1. The van der Waals surface area contributed by atoms with Gasteiger partial charge in [-0.05, 0) is 44.5 Å². The highest BCUT2D eigenvalue weighted by Gasteiger charge is 2.32. The Balaban J connectivity index is 1.46. The summed E-state index contributed by atoms with van der Waals surface area (Å²) in [5.74, 6) is 0.0815. The Hall–Kier alpha value is -2.66. The Morgan fingerprint density at radius 1 is 1.26 bits per heavy atom. The van der Waals surface area contributed by atoms with Crippen molar-refractivity contribution in [3.05, 3.63) is 35.3 Å². The van der Waals surface area contributed by atoms with E-state index in [9.17, 15) is 22.4 Å². The Morgan fingerprint density at radius 3 is 2.77 bits per heavy atom. The van der Waals surface area contributed by atoms with E-state index in [1.165, 1.54) is 15.9 Å². The lowest BCUT2D eigenvalue weighted by Crippen LogP contribution is -2.46. The first-order chi connectivity index (χ1) is 16.7. The lowest BCUT2D eigenvalue weighted by Gasteiger charge is -2.33. The highest BCUT2D eigenvalue weighted by Crippen LogP contribution is 2.37. The number of nitrogens with zero attached hydrogens (tertiary/aromatic N) is 3. The smallest absolute Gasteiger partial charge is 0.379 e. The molecule has 0 bridgehead atoms. The molecule has 2 aromatic heterocycles. The number of benzene rings is 1. The van der Waals surface area contributed by atoms with Crippen molar-refractivity contribution in [2.24, 2.45) is 5.92 Å². The van der Waals surface area contributed by atoms with Gasteiger partial charge in [-0.15, -0.1) is 11.3 Å². The average molecular weight is 510 g/mol. The van der Waals surface area contributed by atoms with Crippen molar-refractivity contribution >= 4 is 33.8 Å². The molecule has 2 atom stereocenters. The molecule has 3 heterocycles. The van der Waals surface area contributed by atoms with Gasteiger partial charge in [0.25, 0.3) is 0 Å². The molecule has 35 heavy (non-hydrogen) atoms. The second-order valence-electron chi connectivity index (χ2n) is 9.41. The van der Waals surface area contributed by atoms with E-state index in [1.807, 2.05) is 11.9 Å². The molecular weight excluding hydrogens is 482 g/mol. The molecule has 188 valence electrons. The van der Waals surface area contributed by atoms with Gasteiger partial charge in [-0.1, -0.05) is 6.07 Å². The molecule has 3 aromatic rings. The molecule has 2 aliphatic rings. The van der Waals surface area contributed by atoms with Gasteiger partial charge in [-0.3, -0.25) is 4.79 Å². The summed E-state index contributed by atoms with van der Waals surface area (Å²) in [5.41, 5.74) is 1.36. The minimum absolute atomic E-state index is 0.00178. The van der Waals surface area contributed by atoms with Crippen LogP contribution in [0.4, 0.5) is 23.2 Å². The fourth-order valence-electron chi connectivity index (χ4n) is 4.53. The number of carbonyl (C=O) groups is 1. The Kier molecular flexibility index (Phi) is 6.47. The van der Waals surface area contributed by atoms with Crippen LogP contribution in [-0.2, 0) is 17.9 Å². The van der Waals surface area contributed by atoms with Gasteiger partial charge >= 0.3 is 6.18 Å². The molecule has 1 saturated heterocycles. The monoisotopic (exact) mass is 509 g/mol. The zero-order chi connectivity index (χ0) is 24.7. The standard InChI is InChI=1S/C24H27F4N5OS/c1-32-8-7-19(17(25)12-32)31-18-3-2-4-20-16(18)9-21(33(20)13-24(26,27)28)23-30-11-15(35-23)10-29-22(34)14-5-6-14/h2-4,9,11,14,17,19,31H,5-8,10,12-13H2,1H3,(H,29,34)/t17-,19+/m1/s1. The number of aromatic nitrogens is 2. The molecule has 2 N–H and O–H groups in total. The number of halogens is 4. The van der Waals surface area contributed by atoms with E-state index >= 15 is 0 Å². The van der Waals surface area contributed by atoms with E-state index in [1.54, 1.807) is 30.5 Å². The van der Waals surface area contributed by atoms with Crippen molar-refractivity contribution in [3.8, 4) is 10.7 Å². The molecule has 5 rings (SSSR count). The molecule has 0 spiro atoms. The molecule has 1 aliphatic carbocycles. The van der Waals surface area contributed by atoms with Crippen LogP contribution in [0.25, 0.3) is 21.6 Å². The van der Waals surface area contributed by atoms with Gasteiger partial charge < -0.3 is 20.1 Å². The SMILES string of the molecule is CN1CC[C@H](Nc2cccc3c2cc(-c2ncc(CNC(=O)C4CC4)s2)n3CC(F)(F)F)[C@H](F)C1. The van der Waals surface area contributed by atoms with Crippen LogP contribution >= 0.6 is 11.3 Å². The second kappa shape index (κ2) is 9.42. The number of amides is 1. The van der Waals surface area contributed by atoms with Crippen LogP contribution in [0, 0.1) is 5.92 Å². The molecule has 1 aliphatic heterocycles. The minimum atomic E-state index is -4.43. The van der Waals surface area contributed by atoms with E-state index in [0.29, 0.717) is 46.8 Å². The summed E-state index contributed by atoms with van der Waals surface area (Å²) in [4.78, 5) is 19.0. The first-order valence-electron chi connectivity index (χ1n) is 11.7. The maximum atomic E-state index is 14.6. The lowest BCUT2D eigenvalue weighted by molar-refractivity contribution is -0.139. The summed E-state index contributed by atoms with van der Waals surface area (Å²) < 4.78 is 56.5. The number of nitrogens with one attached hydrogen (secondary N) is 2. The molecule has 1 aromatic carbocycles. The van der Waals surface area contributed by atoms with Crippen LogP contribution in [0.15, 0.2) is 30.5 Å². The van der Waals surface area contributed by atoms with E-state index in [0.717, 1.165) is 24.3 Å². The largest absolute Gasteiger partial charge is 0.406 e. The lowest BCUT2D eigenvalue weighted by atomic mass is 10.0. The van der Waals surface area contributed by atoms with Crippen LogP contribution in [0.5, 0.6) is 0 Å². The van der Waals surface area contributed by atoms with Gasteiger partial charge in [0.05, 0.1) is 23.8 Å². The fraction of sp³-hybridized carbons (Fsp3) is 0.500. The van der Waals surface area contributed by atoms with Crippen LogP contribution in [0.3, 0.4) is 0 Å². The van der Waals surface area contributed by atoms with Crippen LogP contribution in [0.2, 0.25) is 0 Å². The van der Waals surface area contributed by atoms with Crippen molar-refractivity contribution in [1.29, 1.82) is 0 Å². The second-order valence-corrected chi connectivity index (χ2v) is 10.5. The van der Waals surface area contributed by atoms with Crippen LogP contribution in [0.1, 0.15) is 24.1 Å². The topological polar surface area (TPSA) is 62.2 Å². The van der Waals surface area contributed by atoms with Crippen molar-refractivity contribution < 1.29 is 22.4 Å². The van der Waals surface area contributed by atoms with Crippen molar-refractivity contribution in [1.82, 2.24) is 19.8 Å². The number of piperidine rings is 1. The van der Waals surface area contributed by atoms with E-state index in [2.05, 4.69) is 15.6 Å². The fourth-order valence-corrected chi connectivity index (χ4v) is 5.41. The van der Waals surface area contributed by atoms with Crippen LogP contribution < -0.4 is 10.6 Å². The third-order valence-corrected chi connectivity index (χ3v) is 7.55. The normalized spacial score (nSPS) is 21.4. The minimum Gasteiger partial charge on any atom is -0.379 e. The van der Waals surface area contributed by atoms with Gasteiger partial charge in [-0.2, -0.15) is 13.2 Å². The number of fused-ring (bicyclic) bond motifs is 1. The molecule has 1 amide bonds. The van der Waals surface area contributed by atoms with Gasteiger partial charge in [0.1, 0.15) is 17.7 Å². The Morgan fingerprint density at radius 2 is 2.06 bits per heavy atom. The summed E-state index contributed by atoms with van der Waals surface area (Å²) in [6.07, 6.45) is -1.52. The van der Waals surface area contributed by atoms with E-state index in [-0.39, 0.29) is 11.8 Å². The number of alkyl halides is 4. The number of carbonyl (C=O) groups excluding carboxylic acids is 1. The third-order valence-electron chi connectivity index (χ3n) is 6.53. The average Bonchev–Trinajstić information content (AvgIpc) is 3.44. The van der Waals surface area contributed by atoms with Crippen LogP contribution in [-0.4, -0.2) is 58.9 Å². The quantitative estimate of drug-likeness (QED) is 0.449. The van der Waals surface area contributed by atoms with E-state index in [4.69, 9.17) is 0 Å². The predicted molar refractivity (Wildman–Crippen MR) is 128 cm³/mol. The van der Waals surface area contributed by atoms with Crippen molar-refractivity contribution in [3.63, 3.8) is 0 Å². The molecule has 0 radical (unpaired) electrons. The molecule has 2 fully saturated rings. The Bertz CT molecular complexity index is 1220. The summed E-state index contributed by atoms with van der Waals surface area (Å²) in [7, 11) is 1.87. The zero-order valence-corrected chi connectivity index (χ0v) is 20.1. The molecular formula is C24H27F4N5OS. The number of hydrogen-bond donors (Lipinski definition) is 2. The molecule has 1 saturated carbocycles. The number of hydrogen-bond acceptors (Lipinski definition) is 5.